The number of fused-ring (bicyclic) bond motifs is 7. The van der Waals surface area contributed by atoms with Crippen LogP contribution in [0.3, 0.4) is 0 Å². The Labute approximate surface area is 511 Å². The molecule has 0 spiro atoms. The Hall–Kier alpha value is -5.95. The fourth-order valence-corrected chi connectivity index (χ4v) is 16.3. The number of hydrogen-bond donors (Lipinski definition) is 10. The van der Waals surface area contributed by atoms with E-state index in [9.17, 15) is 63.8 Å². The molecular formula is C50H59N8O23P3S4. The molecule has 6 atom stereocenters. The first-order valence-electron chi connectivity index (χ1n) is 26.1. The lowest BCUT2D eigenvalue weighted by Gasteiger charge is -2.38. The summed E-state index contributed by atoms with van der Waals surface area (Å²) >= 11 is 0. The van der Waals surface area contributed by atoms with Crippen LogP contribution in [0.4, 0.5) is 10.5 Å². The Kier molecular flexibility index (Phi) is 19.9. The van der Waals surface area contributed by atoms with E-state index in [0.29, 0.717) is 33.8 Å². The Morgan fingerprint density at radius 3 is 2.31 bits per heavy atom. The summed E-state index contributed by atoms with van der Waals surface area (Å²) in [6.07, 6.45) is -3.30. The van der Waals surface area contributed by atoms with Crippen LogP contribution in [0.25, 0.3) is 22.6 Å². The molecule has 5 aliphatic rings. The largest absolute Gasteiger partial charge is 0.536 e. The van der Waals surface area contributed by atoms with Gasteiger partial charge in [-0.3, -0.25) is 23.6 Å². The molecule has 3 aromatic carbocycles. The number of hydrogen-bond acceptors (Lipinski definition) is 22. The van der Waals surface area contributed by atoms with Crippen LogP contribution in [0.2, 0.25) is 0 Å². The van der Waals surface area contributed by atoms with Crippen LogP contribution in [-0.4, -0.2) is 131 Å². The van der Waals surface area contributed by atoms with Gasteiger partial charge in [0.1, 0.15) is 36.1 Å². The maximum absolute atomic E-state index is 13.5. The summed E-state index contributed by atoms with van der Waals surface area (Å²) < 4.78 is 147. The number of amides is 3. The quantitative estimate of drug-likeness (QED) is 0.00647. The van der Waals surface area contributed by atoms with Gasteiger partial charge in [0, 0.05) is 69.0 Å². The second-order valence-corrected chi connectivity index (χ2v) is 31.1. The minimum Gasteiger partial charge on any atom is -0.453 e. The van der Waals surface area contributed by atoms with Crippen molar-refractivity contribution in [1.82, 2.24) is 20.9 Å². The van der Waals surface area contributed by atoms with Crippen molar-refractivity contribution in [2.75, 3.05) is 43.2 Å². The average Bonchev–Trinajstić information content (AvgIpc) is 1.16. The van der Waals surface area contributed by atoms with E-state index in [1.807, 2.05) is 48.5 Å². The summed E-state index contributed by atoms with van der Waals surface area (Å²) in [7, 11) is -25.0. The fraction of sp³-hybridized carbons (Fsp3) is 0.420. The topological polar surface area (TPSA) is 457 Å². The van der Waals surface area contributed by atoms with E-state index >= 15 is 0 Å². The standard InChI is InChI=1S/C50H59N8O23P3S4/c1-25(2)49(5,6)33-20-31-37(32-21-34-38(55-27(4)50(34,7)8)44(88(72,73)74)40(32)78-39(31)43(26(33)3)87(69,70)71)28-11-13-29(14-12-28)46(59)52-16-18-85-86-19-17-75-48(61)53-15-9-10-30-23-58-36-22-35(76-24-54-57-51)41(77-36)42(45(58)56-47(30)60)79-83(65,66)81-84(67,68)80-82(62,63)64/h11-14,20-21,23,25,27,35-36,41,55H,3,15-19,22,24H2,1-2,4-8H3,(H,52,59)(H,53,61)(H,56,60)(H,65,66)(H,67,68)(H2,62,63,64)(H,69,70,71)(H,72,73,74)/t27?,35?,36-,41+/m1/s1. The number of rotatable bonds is 23. The first kappa shape index (κ1) is 68.0. The molecule has 1 fully saturated rings. The highest BCUT2D eigenvalue weighted by atomic mass is 33.1. The van der Waals surface area contributed by atoms with Gasteiger partial charge in [-0.2, -0.15) is 25.5 Å². The first-order chi connectivity index (χ1) is 40.9. The molecule has 0 aliphatic carbocycles. The number of carbonyl (C=O) groups is 3. The van der Waals surface area contributed by atoms with E-state index in [1.165, 1.54) is 38.6 Å². The minimum absolute atomic E-state index is 0.0378. The number of nitrogens with zero attached hydrogens (tertiary/aromatic N) is 4. The van der Waals surface area contributed by atoms with Crippen molar-refractivity contribution >= 4 is 101 Å². The van der Waals surface area contributed by atoms with Gasteiger partial charge in [0.2, 0.25) is 0 Å². The maximum Gasteiger partial charge on any atom is 0.536 e. The monoisotopic (exact) mass is 1360 g/mol. The van der Waals surface area contributed by atoms with Crippen LogP contribution in [0, 0.1) is 17.8 Å². The Morgan fingerprint density at radius 1 is 1.00 bits per heavy atom. The Morgan fingerprint density at radius 2 is 1.67 bits per heavy atom. The van der Waals surface area contributed by atoms with Gasteiger partial charge in [0.05, 0.1) is 18.3 Å². The molecule has 38 heteroatoms. The van der Waals surface area contributed by atoms with E-state index in [4.69, 9.17) is 38.8 Å². The van der Waals surface area contributed by atoms with Crippen molar-refractivity contribution in [3.63, 3.8) is 0 Å². The number of benzene rings is 3. The van der Waals surface area contributed by atoms with E-state index in [-0.39, 0.29) is 82.5 Å². The molecule has 0 saturated carbocycles. The smallest absolute Gasteiger partial charge is 0.453 e. The summed E-state index contributed by atoms with van der Waals surface area (Å²) in [5, 5.41) is 14.2. The van der Waals surface area contributed by atoms with Gasteiger partial charge in [-0.1, -0.05) is 98.8 Å². The molecule has 5 heterocycles. The van der Waals surface area contributed by atoms with Gasteiger partial charge in [-0.15, -0.1) is 0 Å². The maximum atomic E-state index is 13.5. The molecule has 0 aromatic heterocycles. The molecule has 3 amide bonds. The third-order valence-corrected chi connectivity index (χ3v) is 22.9. The lowest BCUT2D eigenvalue weighted by molar-refractivity contribution is -0.120. The zero-order valence-electron chi connectivity index (χ0n) is 47.5. The van der Waals surface area contributed by atoms with Gasteiger partial charge in [0.15, 0.2) is 28.0 Å². The molecule has 88 heavy (non-hydrogen) atoms. The number of ether oxygens (including phenoxy) is 4. The molecule has 1 saturated heterocycles. The fourth-order valence-electron chi connectivity index (χ4n) is 9.84. The predicted octanol–water partition coefficient (Wildman–Crippen LogP) is 5.42. The molecule has 0 radical (unpaired) electrons. The summed E-state index contributed by atoms with van der Waals surface area (Å²) in [4.78, 5) is 79.3. The lowest BCUT2D eigenvalue weighted by atomic mass is 9.74. The third kappa shape index (κ3) is 14.8. The van der Waals surface area contributed by atoms with Crippen molar-refractivity contribution in [3.8, 4) is 23.3 Å². The second kappa shape index (κ2) is 25.7. The molecule has 31 nitrogen and oxygen atoms in total. The molecule has 2 bridgehead atoms. The normalized spacial score (nSPS) is 20.6. The van der Waals surface area contributed by atoms with Crippen LogP contribution in [-0.2, 0) is 76.9 Å². The van der Waals surface area contributed by atoms with E-state index in [0.717, 1.165) is 6.20 Å². The highest BCUT2D eigenvalue weighted by Gasteiger charge is 2.53. The number of azide groups is 1. The number of phosphoric ester groups is 1. The summed E-state index contributed by atoms with van der Waals surface area (Å²) in [6, 6.07) is 9.41. The first-order valence-corrected chi connectivity index (χ1v) is 36.0. The molecule has 5 aliphatic heterocycles. The van der Waals surface area contributed by atoms with Crippen LogP contribution in [0.15, 0.2) is 74.7 Å². The van der Waals surface area contributed by atoms with Crippen molar-refractivity contribution in [2.24, 2.45) is 11.0 Å². The third-order valence-electron chi connectivity index (χ3n) is 15.0. The second-order valence-electron chi connectivity index (χ2n) is 21.4. The van der Waals surface area contributed by atoms with Crippen LogP contribution in [0.5, 0.6) is 11.5 Å². The number of nitrogens with one attached hydrogen (secondary N) is 4. The SMILES string of the molecule is C=c1c(C(C)(C)C(C)C)cc2c(c1S(=O)(=O)O)Oc1c(cc3c(c1S(=O)(=O)O)NC(C)C3(C)C)C=2c1ccc(C(=O)NCCSSCCOC(=O)NCC#CC2=CN3C(=C(OP(=O)(O)OP(=O)(O)OP(=O)(O)O)[C@H]4O[C@@H]3CC4OCN=[N+]=[N-])NC2=O)cc1. The van der Waals surface area contributed by atoms with Crippen molar-refractivity contribution in [1.29, 1.82) is 0 Å². The van der Waals surface area contributed by atoms with E-state index in [1.54, 1.807) is 24.3 Å². The Balaban J connectivity index is 0.876. The number of carbonyl (C=O) groups excluding carboxylic acids is 3. The zero-order chi connectivity index (χ0) is 64.9. The van der Waals surface area contributed by atoms with Gasteiger partial charge in [-0.25, -0.2) is 18.5 Å². The van der Waals surface area contributed by atoms with Gasteiger partial charge >= 0.3 is 29.6 Å². The number of anilines is 1. The lowest BCUT2D eigenvalue weighted by Crippen LogP contribution is -2.48. The summed E-state index contributed by atoms with van der Waals surface area (Å²) in [5.74, 6) is 2.60. The molecule has 10 N–H and O–H groups in total. The molecule has 3 aromatic rings. The van der Waals surface area contributed by atoms with E-state index < -0.39 is 119 Å². The molecule has 476 valence electrons. The average molecular weight is 1360 g/mol. The zero-order valence-corrected chi connectivity index (χ0v) is 53.4. The van der Waals surface area contributed by atoms with Gasteiger partial charge < -0.3 is 64.3 Å². The van der Waals surface area contributed by atoms with Gasteiger partial charge in [-0.05, 0) is 70.0 Å². The van der Waals surface area contributed by atoms with Crippen molar-refractivity contribution in [2.45, 2.75) is 100.0 Å². The van der Waals surface area contributed by atoms with Crippen LogP contribution >= 0.6 is 45.1 Å². The number of alkyl carbamates (subject to hydrolysis) is 1. The van der Waals surface area contributed by atoms with Crippen LogP contribution in [0.1, 0.15) is 87.5 Å². The van der Waals surface area contributed by atoms with Crippen molar-refractivity contribution in [3.05, 3.63) is 108 Å². The highest BCUT2D eigenvalue weighted by molar-refractivity contribution is 8.76. The molecule has 4 unspecified atom stereocenters. The minimum atomic E-state index is -5.96. The Bertz CT molecular complexity index is 4090. The molecule has 8 rings (SSSR count). The summed E-state index contributed by atoms with van der Waals surface area (Å²) in [5.41, 5.74) is 9.25. The summed E-state index contributed by atoms with van der Waals surface area (Å²) in [6.45, 7) is 16.7. The number of phosphoric acid groups is 3. The van der Waals surface area contributed by atoms with E-state index in [2.05, 4.69) is 58.3 Å². The van der Waals surface area contributed by atoms with Crippen molar-refractivity contribution < 1.29 is 106 Å². The molecular weight excluding hydrogens is 1300 g/mol. The highest BCUT2D eigenvalue weighted by Crippen LogP contribution is 2.67. The van der Waals surface area contributed by atoms with Gasteiger partial charge in [0.25, 0.3) is 32.1 Å². The predicted molar refractivity (Wildman–Crippen MR) is 316 cm³/mol. The van der Waals surface area contributed by atoms with Crippen LogP contribution < -0.4 is 36.4 Å².